The minimum absolute atomic E-state index is 0.218. The molecule has 0 bridgehead atoms. The molecule has 0 aliphatic rings. The van der Waals surface area contributed by atoms with E-state index in [4.69, 9.17) is 4.42 Å². The average Bonchev–Trinajstić information content (AvgIpc) is 3.33. The van der Waals surface area contributed by atoms with Crippen LogP contribution in [-0.2, 0) is 0 Å². The van der Waals surface area contributed by atoms with Crippen molar-refractivity contribution in [1.29, 1.82) is 0 Å². The Labute approximate surface area is 159 Å². The van der Waals surface area contributed by atoms with E-state index in [1.54, 1.807) is 34.2 Å². The number of aryl methyl sites for hydroxylation is 1. The van der Waals surface area contributed by atoms with Gasteiger partial charge < -0.3 is 9.73 Å². The van der Waals surface area contributed by atoms with Crippen LogP contribution in [0.15, 0.2) is 50.2 Å². The first-order valence-corrected chi connectivity index (χ1v) is 9.78. The molecule has 0 saturated heterocycles. The van der Waals surface area contributed by atoms with Gasteiger partial charge in [-0.2, -0.15) is 9.78 Å². The van der Waals surface area contributed by atoms with E-state index in [1.807, 2.05) is 29.8 Å². The first-order valence-electron chi connectivity index (χ1n) is 7.23. The van der Waals surface area contributed by atoms with Crippen molar-refractivity contribution < 1.29 is 9.21 Å². The van der Waals surface area contributed by atoms with Crippen LogP contribution in [0.25, 0.3) is 15.7 Å². The Morgan fingerprint density at radius 3 is 2.92 bits per heavy atom. The van der Waals surface area contributed by atoms with Crippen LogP contribution in [0.4, 0.5) is 5.82 Å². The predicted molar refractivity (Wildman–Crippen MR) is 102 cm³/mol. The van der Waals surface area contributed by atoms with E-state index in [2.05, 4.69) is 31.3 Å². The number of hydrogen-bond donors (Lipinski definition) is 1. The summed E-state index contributed by atoms with van der Waals surface area (Å²) in [4.78, 5) is 18.1. The molecule has 126 valence electrons. The van der Waals surface area contributed by atoms with Crippen molar-refractivity contribution in [2.45, 2.75) is 6.92 Å². The van der Waals surface area contributed by atoms with Gasteiger partial charge in [-0.25, -0.2) is 4.98 Å². The molecule has 4 aromatic rings. The number of nitrogens with zero attached hydrogens (tertiary/aromatic N) is 3. The molecule has 9 heteroatoms. The Hall–Kier alpha value is -2.23. The molecule has 0 spiro atoms. The van der Waals surface area contributed by atoms with Gasteiger partial charge in [0.15, 0.2) is 10.4 Å². The first kappa shape index (κ1) is 16.2. The molecular formula is C16H11BrN4O2S2. The molecule has 1 amide bonds. The quantitative estimate of drug-likeness (QED) is 0.491. The number of halogens is 1. The fourth-order valence-corrected chi connectivity index (χ4v) is 4.10. The van der Waals surface area contributed by atoms with Gasteiger partial charge in [0.05, 0.1) is 16.3 Å². The van der Waals surface area contributed by atoms with E-state index in [-0.39, 0.29) is 11.7 Å². The Morgan fingerprint density at radius 1 is 1.32 bits per heavy atom. The van der Waals surface area contributed by atoms with Crippen molar-refractivity contribution >= 4 is 50.3 Å². The van der Waals surface area contributed by atoms with Crippen molar-refractivity contribution in [2.75, 3.05) is 5.32 Å². The molecule has 0 aromatic carbocycles. The monoisotopic (exact) mass is 434 g/mol. The zero-order valence-electron chi connectivity index (χ0n) is 12.9. The van der Waals surface area contributed by atoms with E-state index in [0.717, 1.165) is 16.3 Å². The van der Waals surface area contributed by atoms with Gasteiger partial charge in [-0.1, -0.05) is 6.07 Å². The van der Waals surface area contributed by atoms with Gasteiger partial charge in [0, 0.05) is 11.4 Å². The molecule has 0 aliphatic carbocycles. The predicted octanol–water partition coefficient (Wildman–Crippen LogP) is 4.97. The highest BCUT2D eigenvalue weighted by Crippen LogP contribution is 2.29. The molecule has 0 radical (unpaired) electrons. The van der Waals surface area contributed by atoms with Gasteiger partial charge in [-0.3, -0.25) is 4.79 Å². The average molecular weight is 435 g/mol. The number of thiazole rings is 1. The fraction of sp³-hybridized carbons (Fsp3) is 0.0625. The maximum Gasteiger partial charge on any atom is 0.292 e. The topological polar surface area (TPSA) is 73.0 Å². The normalized spacial score (nSPS) is 11.0. The van der Waals surface area contributed by atoms with Crippen LogP contribution in [0.2, 0.25) is 0 Å². The van der Waals surface area contributed by atoms with Gasteiger partial charge in [-0.15, -0.1) is 22.7 Å². The van der Waals surface area contributed by atoms with Crippen LogP contribution in [-0.4, -0.2) is 20.7 Å². The highest BCUT2D eigenvalue weighted by atomic mass is 79.9. The second-order valence-corrected chi connectivity index (χ2v) is 7.70. The standard InChI is InChI=1S/C16H11BrN4O2S2/c1-9-7-14(19-15(22)11-4-5-13(17)23-11)21(20-9)16-18-10(8-25-16)12-3-2-6-24-12/h2-8H,1H3,(H,19,22). The Morgan fingerprint density at radius 2 is 2.20 bits per heavy atom. The largest absolute Gasteiger partial charge is 0.444 e. The fourth-order valence-electron chi connectivity index (χ4n) is 2.25. The number of furan rings is 1. The Balaban J connectivity index is 1.64. The van der Waals surface area contributed by atoms with Crippen molar-refractivity contribution in [3.63, 3.8) is 0 Å². The zero-order chi connectivity index (χ0) is 17.4. The molecule has 4 rings (SSSR count). The molecule has 4 aromatic heterocycles. The maximum absolute atomic E-state index is 12.3. The van der Waals surface area contributed by atoms with Crippen molar-refractivity contribution in [3.8, 4) is 15.7 Å². The lowest BCUT2D eigenvalue weighted by molar-refractivity contribution is 0.0994. The van der Waals surface area contributed by atoms with Gasteiger partial charge in [0.2, 0.25) is 5.13 Å². The number of anilines is 1. The van der Waals surface area contributed by atoms with Crippen LogP contribution < -0.4 is 5.32 Å². The third-order valence-corrected chi connectivity index (χ3v) is 5.45. The summed E-state index contributed by atoms with van der Waals surface area (Å²) in [5, 5.41) is 11.9. The number of amides is 1. The Kier molecular flexibility index (Phi) is 4.28. The van der Waals surface area contributed by atoms with Gasteiger partial charge >= 0.3 is 0 Å². The minimum Gasteiger partial charge on any atom is -0.444 e. The van der Waals surface area contributed by atoms with E-state index in [1.165, 1.54) is 11.3 Å². The molecule has 0 saturated carbocycles. The summed E-state index contributed by atoms with van der Waals surface area (Å²) in [5.74, 6) is 0.416. The number of rotatable bonds is 4. The molecule has 0 atom stereocenters. The number of hydrogen-bond acceptors (Lipinski definition) is 6. The molecular weight excluding hydrogens is 424 g/mol. The lowest BCUT2D eigenvalue weighted by Crippen LogP contribution is -2.14. The lowest BCUT2D eigenvalue weighted by atomic mass is 10.4. The van der Waals surface area contributed by atoms with Crippen LogP contribution in [0.3, 0.4) is 0 Å². The summed E-state index contributed by atoms with van der Waals surface area (Å²) in [6, 6.07) is 9.08. The molecule has 1 N–H and O–H groups in total. The smallest absolute Gasteiger partial charge is 0.292 e. The molecule has 25 heavy (non-hydrogen) atoms. The van der Waals surface area contributed by atoms with E-state index >= 15 is 0 Å². The van der Waals surface area contributed by atoms with Crippen molar-refractivity contribution in [3.05, 3.63) is 57.2 Å². The van der Waals surface area contributed by atoms with E-state index in [0.29, 0.717) is 15.6 Å². The second-order valence-electron chi connectivity index (χ2n) is 5.13. The van der Waals surface area contributed by atoms with Gasteiger partial charge in [0.1, 0.15) is 5.82 Å². The Bertz CT molecular complexity index is 1030. The van der Waals surface area contributed by atoms with E-state index in [9.17, 15) is 4.79 Å². The van der Waals surface area contributed by atoms with Crippen LogP contribution in [0, 0.1) is 6.92 Å². The third-order valence-electron chi connectivity index (χ3n) is 3.32. The zero-order valence-corrected chi connectivity index (χ0v) is 16.1. The number of nitrogens with one attached hydrogen (secondary N) is 1. The number of carbonyl (C=O) groups is 1. The maximum atomic E-state index is 12.3. The minimum atomic E-state index is -0.345. The first-order chi connectivity index (χ1) is 12.1. The second kappa shape index (κ2) is 6.58. The molecule has 0 fully saturated rings. The molecule has 0 unspecified atom stereocenters. The summed E-state index contributed by atoms with van der Waals surface area (Å²) >= 11 is 6.29. The summed E-state index contributed by atoms with van der Waals surface area (Å²) < 4.78 is 7.42. The third kappa shape index (κ3) is 3.30. The van der Waals surface area contributed by atoms with Crippen molar-refractivity contribution in [1.82, 2.24) is 14.8 Å². The van der Waals surface area contributed by atoms with Gasteiger partial charge in [-0.05, 0) is 46.4 Å². The number of thiophene rings is 1. The molecule has 6 nitrogen and oxygen atoms in total. The van der Waals surface area contributed by atoms with Crippen LogP contribution >= 0.6 is 38.6 Å². The van der Waals surface area contributed by atoms with Crippen molar-refractivity contribution in [2.24, 2.45) is 0 Å². The highest BCUT2D eigenvalue weighted by Gasteiger charge is 2.17. The summed E-state index contributed by atoms with van der Waals surface area (Å²) in [5.41, 5.74) is 1.68. The van der Waals surface area contributed by atoms with Gasteiger partial charge in [0.25, 0.3) is 5.91 Å². The summed E-state index contributed by atoms with van der Waals surface area (Å²) in [6.07, 6.45) is 0. The summed E-state index contributed by atoms with van der Waals surface area (Å²) in [6.45, 7) is 1.86. The van der Waals surface area contributed by atoms with Crippen LogP contribution in [0.1, 0.15) is 16.2 Å². The molecule has 4 heterocycles. The lowest BCUT2D eigenvalue weighted by Gasteiger charge is -2.04. The molecule has 0 aliphatic heterocycles. The number of carbonyl (C=O) groups excluding carboxylic acids is 1. The van der Waals surface area contributed by atoms with Crippen LogP contribution in [0.5, 0.6) is 0 Å². The van der Waals surface area contributed by atoms with E-state index < -0.39 is 0 Å². The SMILES string of the molecule is Cc1cc(NC(=O)c2ccc(Br)o2)n(-c2nc(-c3cccs3)cs2)n1. The highest BCUT2D eigenvalue weighted by molar-refractivity contribution is 9.10. The number of aromatic nitrogens is 3. The summed E-state index contributed by atoms with van der Waals surface area (Å²) in [7, 11) is 0.